The van der Waals surface area contributed by atoms with E-state index >= 15 is 0 Å². The molecule has 142 valence electrons. The van der Waals surface area contributed by atoms with Crippen LogP contribution in [0, 0.1) is 11.3 Å². The van der Waals surface area contributed by atoms with Gasteiger partial charge >= 0.3 is 6.18 Å². The number of benzene rings is 1. The van der Waals surface area contributed by atoms with Gasteiger partial charge in [0, 0.05) is 32.7 Å². The van der Waals surface area contributed by atoms with Gasteiger partial charge in [-0.3, -0.25) is 4.90 Å². The molecule has 0 radical (unpaired) electrons. The van der Waals surface area contributed by atoms with Crippen molar-refractivity contribution in [3.05, 3.63) is 35.4 Å². The second-order valence-electron chi connectivity index (χ2n) is 7.09. The topological polar surface area (TPSA) is 24.5 Å². The van der Waals surface area contributed by atoms with Gasteiger partial charge in [-0.1, -0.05) is 18.2 Å². The molecule has 2 heterocycles. The van der Waals surface area contributed by atoms with Crippen LogP contribution in [-0.4, -0.2) is 44.8 Å². The number of hydrogen-bond acceptors (Lipinski definition) is 3. The van der Waals surface area contributed by atoms with Crippen molar-refractivity contribution in [2.45, 2.75) is 25.6 Å². The van der Waals surface area contributed by atoms with Gasteiger partial charge in [0.05, 0.1) is 12.2 Å². The summed E-state index contributed by atoms with van der Waals surface area (Å²) in [5, 5.41) is 3.38. The Kier molecular flexibility index (Phi) is 6.76. The standard InChI is InChI=1S/C18H25F3N2O.ClH/c1-24-12-15-11-23(13-17(15)6-8-22-9-7-17)10-14-4-2-3-5-16(14)18(19,20)21;/h2-5,15,22H,6-13H2,1H3;1H. The average molecular weight is 379 g/mol. The maximum Gasteiger partial charge on any atom is 0.416 e. The number of ether oxygens (including phenoxy) is 1. The van der Waals surface area contributed by atoms with E-state index in [1.165, 1.54) is 12.1 Å². The van der Waals surface area contributed by atoms with Gasteiger partial charge in [0.25, 0.3) is 0 Å². The van der Waals surface area contributed by atoms with Crippen LogP contribution in [0.1, 0.15) is 24.0 Å². The first kappa shape index (κ1) is 20.5. The number of methoxy groups -OCH3 is 1. The van der Waals surface area contributed by atoms with Gasteiger partial charge in [-0.15, -0.1) is 12.4 Å². The van der Waals surface area contributed by atoms with Gasteiger partial charge in [0.1, 0.15) is 0 Å². The Hall–Kier alpha value is -0.820. The van der Waals surface area contributed by atoms with Gasteiger partial charge in [0.2, 0.25) is 0 Å². The summed E-state index contributed by atoms with van der Waals surface area (Å²) >= 11 is 0. The maximum atomic E-state index is 13.2. The molecule has 1 aromatic rings. The van der Waals surface area contributed by atoms with Gasteiger partial charge < -0.3 is 10.1 Å². The van der Waals surface area contributed by atoms with E-state index in [0.29, 0.717) is 24.6 Å². The predicted molar refractivity (Wildman–Crippen MR) is 93.9 cm³/mol. The minimum Gasteiger partial charge on any atom is -0.384 e. The van der Waals surface area contributed by atoms with E-state index in [2.05, 4.69) is 10.2 Å². The number of alkyl halides is 3. The van der Waals surface area contributed by atoms with Crippen LogP contribution in [-0.2, 0) is 17.5 Å². The maximum absolute atomic E-state index is 13.2. The van der Waals surface area contributed by atoms with Crippen LogP contribution in [0.3, 0.4) is 0 Å². The second-order valence-corrected chi connectivity index (χ2v) is 7.09. The third-order valence-corrected chi connectivity index (χ3v) is 5.57. The van der Waals surface area contributed by atoms with Crippen molar-refractivity contribution in [2.24, 2.45) is 11.3 Å². The largest absolute Gasteiger partial charge is 0.416 e. The molecule has 3 nitrogen and oxygen atoms in total. The highest BCUT2D eigenvalue weighted by atomic mass is 35.5. The molecule has 1 aromatic carbocycles. The Bertz CT molecular complexity index is 561. The lowest BCUT2D eigenvalue weighted by atomic mass is 9.71. The highest BCUT2D eigenvalue weighted by Crippen LogP contribution is 2.44. The molecule has 1 unspecified atom stereocenters. The number of nitrogens with one attached hydrogen (secondary N) is 1. The van der Waals surface area contributed by atoms with Crippen molar-refractivity contribution >= 4 is 12.4 Å². The predicted octanol–water partition coefficient (Wildman–Crippen LogP) is 3.58. The fourth-order valence-corrected chi connectivity index (χ4v) is 4.36. The van der Waals surface area contributed by atoms with Crippen molar-refractivity contribution in [1.82, 2.24) is 10.2 Å². The average Bonchev–Trinajstić information content (AvgIpc) is 2.85. The van der Waals surface area contributed by atoms with Crippen LogP contribution >= 0.6 is 12.4 Å². The molecule has 2 aliphatic rings. The summed E-state index contributed by atoms with van der Waals surface area (Å²) in [5.74, 6) is 0.391. The Labute approximate surface area is 153 Å². The Morgan fingerprint density at radius 2 is 1.92 bits per heavy atom. The number of halogens is 4. The molecule has 2 aliphatic heterocycles. The molecule has 0 aromatic heterocycles. The number of hydrogen-bond donors (Lipinski definition) is 1. The van der Waals surface area contributed by atoms with Gasteiger partial charge in [-0.25, -0.2) is 0 Å². The van der Waals surface area contributed by atoms with Crippen molar-refractivity contribution in [3.63, 3.8) is 0 Å². The van der Waals surface area contributed by atoms with Crippen molar-refractivity contribution in [2.75, 3.05) is 39.9 Å². The molecule has 1 N–H and O–H groups in total. The molecular formula is C18H26ClF3N2O. The summed E-state index contributed by atoms with van der Waals surface area (Å²) in [6, 6.07) is 5.92. The molecular weight excluding hydrogens is 353 g/mol. The Morgan fingerprint density at radius 3 is 2.56 bits per heavy atom. The zero-order valence-electron chi connectivity index (χ0n) is 14.4. The SMILES string of the molecule is COCC1CN(Cc2ccccc2C(F)(F)F)CC12CCNCC2.Cl. The van der Waals surface area contributed by atoms with Crippen LogP contribution in [0.15, 0.2) is 24.3 Å². The lowest BCUT2D eigenvalue weighted by Gasteiger charge is -2.38. The lowest BCUT2D eigenvalue weighted by molar-refractivity contribution is -0.138. The molecule has 1 atom stereocenters. The van der Waals surface area contributed by atoms with Crippen LogP contribution in [0.25, 0.3) is 0 Å². The Morgan fingerprint density at radius 1 is 1.24 bits per heavy atom. The molecule has 0 amide bonds. The highest BCUT2D eigenvalue weighted by Gasteiger charge is 2.47. The molecule has 1 spiro atoms. The van der Waals surface area contributed by atoms with E-state index in [1.807, 2.05) is 0 Å². The van der Waals surface area contributed by atoms with Crippen molar-refractivity contribution in [3.8, 4) is 0 Å². The smallest absolute Gasteiger partial charge is 0.384 e. The molecule has 7 heteroatoms. The number of nitrogens with zero attached hydrogens (tertiary/aromatic N) is 1. The molecule has 3 rings (SSSR count). The normalized spacial score (nSPS) is 23.6. The third-order valence-electron chi connectivity index (χ3n) is 5.57. The summed E-state index contributed by atoms with van der Waals surface area (Å²) in [6.45, 7) is 4.65. The van der Waals surface area contributed by atoms with E-state index in [9.17, 15) is 13.2 Å². The third kappa shape index (κ3) is 4.48. The Balaban J connectivity index is 0.00000225. The highest BCUT2D eigenvalue weighted by molar-refractivity contribution is 5.85. The first-order valence-corrected chi connectivity index (χ1v) is 8.52. The lowest BCUT2D eigenvalue weighted by Crippen LogP contribution is -2.43. The van der Waals surface area contributed by atoms with E-state index in [4.69, 9.17) is 4.74 Å². The van der Waals surface area contributed by atoms with Crippen LogP contribution in [0.2, 0.25) is 0 Å². The first-order chi connectivity index (χ1) is 11.4. The fraction of sp³-hybridized carbons (Fsp3) is 0.667. The number of rotatable bonds is 4. The summed E-state index contributed by atoms with van der Waals surface area (Å²) in [6.07, 6.45) is -2.16. The summed E-state index contributed by atoms with van der Waals surface area (Å²) < 4.78 is 45.1. The second kappa shape index (κ2) is 8.25. The zero-order chi connectivity index (χ0) is 17.2. The minimum atomic E-state index is -4.30. The fourth-order valence-electron chi connectivity index (χ4n) is 4.36. The molecule has 2 fully saturated rings. The van der Waals surface area contributed by atoms with Crippen LogP contribution in [0.4, 0.5) is 13.2 Å². The molecule has 0 bridgehead atoms. The summed E-state index contributed by atoms with van der Waals surface area (Å²) in [4.78, 5) is 2.18. The number of piperidine rings is 1. The van der Waals surface area contributed by atoms with Crippen LogP contribution < -0.4 is 5.32 Å². The van der Waals surface area contributed by atoms with Gasteiger partial charge in [-0.2, -0.15) is 13.2 Å². The van der Waals surface area contributed by atoms with E-state index in [1.54, 1.807) is 19.2 Å². The number of likely N-dealkylation sites (tertiary alicyclic amines) is 1. The summed E-state index contributed by atoms with van der Waals surface area (Å²) in [7, 11) is 1.70. The van der Waals surface area contributed by atoms with Crippen molar-refractivity contribution in [1.29, 1.82) is 0 Å². The van der Waals surface area contributed by atoms with E-state index in [0.717, 1.165) is 39.0 Å². The van der Waals surface area contributed by atoms with Crippen molar-refractivity contribution < 1.29 is 17.9 Å². The van der Waals surface area contributed by atoms with Gasteiger partial charge in [-0.05, 0) is 43.0 Å². The zero-order valence-corrected chi connectivity index (χ0v) is 15.3. The van der Waals surface area contributed by atoms with Gasteiger partial charge in [0.15, 0.2) is 0 Å². The molecule has 0 saturated carbocycles. The van der Waals surface area contributed by atoms with Crippen LogP contribution in [0.5, 0.6) is 0 Å². The quantitative estimate of drug-likeness (QED) is 0.866. The molecule has 25 heavy (non-hydrogen) atoms. The minimum absolute atomic E-state index is 0. The monoisotopic (exact) mass is 378 g/mol. The summed E-state index contributed by atoms with van der Waals surface area (Å²) in [5.41, 5.74) is 0.0285. The first-order valence-electron chi connectivity index (χ1n) is 8.52. The van der Waals surface area contributed by atoms with E-state index < -0.39 is 11.7 Å². The molecule has 0 aliphatic carbocycles. The molecule has 2 saturated heterocycles. The van der Waals surface area contributed by atoms with E-state index in [-0.39, 0.29) is 17.8 Å².